The molecule has 0 bridgehead atoms. The molecule has 2 nitrogen and oxygen atoms in total. The van der Waals surface area contributed by atoms with Crippen molar-refractivity contribution in [1.82, 2.24) is 0 Å². The molecule has 0 aliphatic heterocycles. The summed E-state index contributed by atoms with van der Waals surface area (Å²) < 4.78 is 0. The first-order valence-corrected chi connectivity index (χ1v) is 4.19. The van der Waals surface area contributed by atoms with E-state index < -0.39 is 0 Å². The molecule has 1 aromatic carbocycles. The highest BCUT2D eigenvalue weighted by Crippen LogP contribution is 2.28. The van der Waals surface area contributed by atoms with Gasteiger partial charge in [-0.3, -0.25) is 0 Å². The van der Waals surface area contributed by atoms with Gasteiger partial charge in [0.05, 0.1) is 5.71 Å². The molecule has 1 N–H and O–H groups in total. The zero-order chi connectivity index (χ0) is 8.55. The summed E-state index contributed by atoms with van der Waals surface area (Å²) >= 11 is 5.96. The lowest BCUT2D eigenvalue weighted by molar-refractivity contribution is 0.318. The zero-order valence-corrected chi connectivity index (χ0v) is 7.17. The van der Waals surface area contributed by atoms with Gasteiger partial charge >= 0.3 is 0 Å². The summed E-state index contributed by atoms with van der Waals surface area (Å²) in [7, 11) is 0. The Morgan fingerprint density at radius 3 is 2.92 bits per heavy atom. The van der Waals surface area contributed by atoms with E-state index in [0.29, 0.717) is 0 Å². The SMILES string of the molecule is ON=C1CCc2c(Cl)cccc21. The summed E-state index contributed by atoms with van der Waals surface area (Å²) in [5.41, 5.74) is 2.84. The van der Waals surface area contributed by atoms with Gasteiger partial charge in [0.1, 0.15) is 0 Å². The molecule has 0 unspecified atom stereocenters. The Kier molecular flexibility index (Phi) is 1.77. The standard InChI is InChI=1S/C9H8ClNO/c10-8-3-1-2-7-6(8)4-5-9(7)11-12/h1-3,12H,4-5H2. The first kappa shape index (κ1) is 7.62. The molecule has 0 atom stereocenters. The van der Waals surface area contributed by atoms with Gasteiger partial charge in [-0.05, 0) is 24.5 Å². The van der Waals surface area contributed by atoms with Crippen LogP contribution in [0.1, 0.15) is 17.5 Å². The van der Waals surface area contributed by atoms with Gasteiger partial charge in [-0.1, -0.05) is 28.9 Å². The number of benzene rings is 1. The van der Waals surface area contributed by atoms with E-state index in [4.69, 9.17) is 16.8 Å². The van der Waals surface area contributed by atoms with Crippen LogP contribution in [0.15, 0.2) is 23.4 Å². The fourth-order valence-electron chi connectivity index (χ4n) is 1.57. The lowest BCUT2D eigenvalue weighted by atomic mass is 10.1. The van der Waals surface area contributed by atoms with Crippen LogP contribution in [0, 0.1) is 0 Å². The Morgan fingerprint density at radius 1 is 1.33 bits per heavy atom. The van der Waals surface area contributed by atoms with Crippen molar-refractivity contribution in [2.75, 3.05) is 0 Å². The molecule has 0 saturated carbocycles. The van der Waals surface area contributed by atoms with Crippen molar-refractivity contribution in [2.45, 2.75) is 12.8 Å². The van der Waals surface area contributed by atoms with Crippen molar-refractivity contribution in [2.24, 2.45) is 5.16 Å². The second-order valence-electron chi connectivity index (χ2n) is 2.81. The van der Waals surface area contributed by atoms with Gasteiger partial charge in [0.15, 0.2) is 0 Å². The average Bonchev–Trinajstić information content (AvgIpc) is 2.49. The van der Waals surface area contributed by atoms with E-state index in [-0.39, 0.29) is 0 Å². The molecule has 0 spiro atoms. The van der Waals surface area contributed by atoms with E-state index in [0.717, 1.165) is 34.7 Å². The van der Waals surface area contributed by atoms with Gasteiger partial charge in [0, 0.05) is 10.6 Å². The summed E-state index contributed by atoms with van der Waals surface area (Å²) in [4.78, 5) is 0. The number of nitrogens with zero attached hydrogens (tertiary/aromatic N) is 1. The Labute approximate surface area is 75.5 Å². The van der Waals surface area contributed by atoms with Crippen LogP contribution in [0.25, 0.3) is 0 Å². The quantitative estimate of drug-likeness (QED) is 0.484. The third kappa shape index (κ3) is 0.994. The van der Waals surface area contributed by atoms with Crippen molar-refractivity contribution < 1.29 is 5.21 Å². The predicted octanol–water partition coefficient (Wildman–Crippen LogP) is 2.46. The maximum absolute atomic E-state index is 8.65. The molecule has 1 aliphatic rings. The lowest BCUT2D eigenvalue weighted by Gasteiger charge is -1.99. The molecule has 3 heteroatoms. The maximum Gasteiger partial charge on any atom is 0.0874 e. The van der Waals surface area contributed by atoms with Crippen molar-refractivity contribution in [3.8, 4) is 0 Å². The van der Waals surface area contributed by atoms with E-state index >= 15 is 0 Å². The van der Waals surface area contributed by atoms with Gasteiger partial charge in [0.2, 0.25) is 0 Å². The van der Waals surface area contributed by atoms with Crippen molar-refractivity contribution >= 4 is 17.3 Å². The lowest BCUT2D eigenvalue weighted by Crippen LogP contribution is -1.93. The minimum absolute atomic E-state index is 0.743. The first-order chi connectivity index (χ1) is 5.83. The van der Waals surface area contributed by atoms with Crippen LogP contribution in [0.3, 0.4) is 0 Å². The van der Waals surface area contributed by atoms with Gasteiger partial charge in [-0.15, -0.1) is 0 Å². The summed E-state index contributed by atoms with van der Waals surface area (Å²) in [6.07, 6.45) is 1.67. The van der Waals surface area contributed by atoms with Crippen molar-refractivity contribution in [3.63, 3.8) is 0 Å². The summed E-state index contributed by atoms with van der Waals surface area (Å²) in [6, 6.07) is 5.67. The second-order valence-corrected chi connectivity index (χ2v) is 3.22. The molecule has 1 aromatic rings. The summed E-state index contributed by atoms with van der Waals surface area (Å²) in [6.45, 7) is 0. The van der Waals surface area contributed by atoms with Crippen LogP contribution in [-0.2, 0) is 6.42 Å². The highest BCUT2D eigenvalue weighted by molar-refractivity contribution is 6.32. The summed E-state index contributed by atoms with van der Waals surface area (Å²) in [5.74, 6) is 0. The first-order valence-electron chi connectivity index (χ1n) is 3.81. The van der Waals surface area contributed by atoms with E-state index in [1.54, 1.807) is 0 Å². The maximum atomic E-state index is 8.65. The van der Waals surface area contributed by atoms with Crippen LogP contribution in [0.2, 0.25) is 5.02 Å². The molecule has 0 fully saturated rings. The largest absolute Gasteiger partial charge is 0.411 e. The second kappa shape index (κ2) is 2.79. The number of oxime groups is 1. The van der Waals surface area contributed by atoms with Crippen LogP contribution in [-0.4, -0.2) is 10.9 Å². The number of fused-ring (bicyclic) bond motifs is 1. The molecule has 0 radical (unpaired) electrons. The minimum atomic E-state index is 0.743. The van der Waals surface area contributed by atoms with Crippen molar-refractivity contribution in [3.05, 3.63) is 34.3 Å². The third-order valence-corrected chi connectivity index (χ3v) is 2.52. The molecule has 0 aromatic heterocycles. The third-order valence-electron chi connectivity index (χ3n) is 2.16. The number of hydrogen-bond donors (Lipinski definition) is 1. The van der Waals surface area contributed by atoms with Gasteiger partial charge in [-0.25, -0.2) is 0 Å². The monoisotopic (exact) mass is 181 g/mol. The molecule has 12 heavy (non-hydrogen) atoms. The fraction of sp³-hybridized carbons (Fsp3) is 0.222. The Bertz CT molecular complexity index is 346. The average molecular weight is 182 g/mol. The van der Waals surface area contributed by atoms with Crippen LogP contribution in [0.5, 0.6) is 0 Å². The molecular weight excluding hydrogens is 174 g/mol. The van der Waals surface area contributed by atoms with Gasteiger partial charge < -0.3 is 5.21 Å². The predicted molar refractivity (Wildman–Crippen MR) is 48.1 cm³/mol. The van der Waals surface area contributed by atoms with E-state index in [1.807, 2.05) is 18.2 Å². The van der Waals surface area contributed by atoms with Gasteiger partial charge in [0.25, 0.3) is 0 Å². The molecule has 2 rings (SSSR count). The Hall–Kier alpha value is -1.02. The topological polar surface area (TPSA) is 32.6 Å². The molecule has 62 valence electrons. The highest BCUT2D eigenvalue weighted by Gasteiger charge is 2.19. The summed E-state index contributed by atoms with van der Waals surface area (Å²) in [5, 5.41) is 12.6. The molecule has 0 saturated heterocycles. The van der Waals surface area contributed by atoms with Crippen LogP contribution >= 0.6 is 11.6 Å². The normalized spacial score (nSPS) is 18.2. The fourth-order valence-corrected chi connectivity index (χ4v) is 1.83. The molecule has 0 amide bonds. The smallest absolute Gasteiger partial charge is 0.0874 e. The Morgan fingerprint density at radius 2 is 2.17 bits per heavy atom. The van der Waals surface area contributed by atoms with E-state index in [9.17, 15) is 0 Å². The molecule has 0 heterocycles. The van der Waals surface area contributed by atoms with Gasteiger partial charge in [-0.2, -0.15) is 0 Å². The minimum Gasteiger partial charge on any atom is -0.411 e. The van der Waals surface area contributed by atoms with Crippen LogP contribution in [0.4, 0.5) is 0 Å². The molecular formula is C9H8ClNO. The number of hydrogen-bond acceptors (Lipinski definition) is 2. The van der Waals surface area contributed by atoms with E-state index in [2.05, 4.69) is 5.16 Å². The number of halogens is 1. The van der Waals surface area contributed by atoms with Crippen molar-refractivity contribution in [1.29, 1.82) is 0 Å². The molecule has 1 aliphatic carbocycles. The van der Waals surface area contributed by atoms with E-state index in [1.165, 1.54) is 0 Å². The highest BCUT2D eigenvalue weighted by atomic mass is 35.5. The number of rotatable bonds is 0. The van der Waals surface area contributed by atoms with Crippen LogP contribution < -0.4 is 0 Å². The Balaban J connectivity index is 2.61. The zero-order valence-electron chi connectivity index (χ0n) is 6.42.